The summed E-state index contributed by atoms with van der Waals surface area (Å²) in [6.45, 7) is 1.24. The van der Waals surface area contributed by atoms with Crippen LogP contribution in [0.4, 0.5) is 0 Å². The molecular formula is C20H24N4O2S. The number of thioether (sulfide) groups is 1. The van der Waals surface area contributed by atoms with Gasteiger partial charge in [-0.05, 0) is 25.0 Å². The minimum atomic E-state index is -0.0572. The highest BCUT2D eigenvalue weighted by Gasteiger charge is 2.28. The maximum absolute atomic E-state index is 13.4. The molecule has 1 fully saturated rings. The molecule has 7 heteroatoms. The number of para-hydroxylation sites is 1. The molecule has 2 aliphatic rings. The predicted molar refractivity (Wildman–Crippen MR) is 106 cm³/mol. The summed E-state index contributed by atoms with van der Waals surface area (Å²) in [5, 5.41) is 1.31. The molecule has 1 aromatic carbocycles. The van der Waals surface area contributed by atoms with Crippen molar-refractivity contribution in [2.75, 3.05) is 13.1 Å². The lowest BCUT2D eigenvalue weighted by Gasteiger charge is -2.30. The summed E-state index contributed by atoms with van der Waals surface area (Å²) in [5.74, 6) is 0.00160. The lowest BCUT2D eigenvalue weighted by Crippen LogP contribution is -2.41. The third-order valence-electron chi connectivity index (χ3n) is 5.25. The number of hydrogen-bond acceptors (Lipinski definition) is 5. The van der Waals surface area contributed by atoms with Crippen molar-refractivity contribution in [1.82, 2.24) is 14.5 Å². The molecule has 0 saturated heterocycles. The second kappa shape index (κ2) is 7.86. The summed E-state index contributed by atoms with van der Waals surface area (Å²) in [4.78, 5) is 32.2. The number of hydrogen-bond donors (Lipinski definition) is 1. The number of carbonyl (C=O) groups excluding carboxylic acids is 1. The predicted octanol–water partition coefficient (Wildman–Crippen LogP) is 2.11. The Morgan fingerprint density at radius 3 is 2.70 bits per heavy atom. The van der Waals surface area contributed by atoms with Crippen molar-refractivity contribution in [1.29, 1.82) is 0 Å². The SMILES string of the molecule is NCCC(=O)N1CCc2nc(SC3CCC3)n(-c3ccccc3)c(=O)c2C1. The summed E-state index contributed by atoms with van der Waals surface area (Å²) >= 11 is 1.71. The lowest BCUT2D eigenvalue weighted by molar-refractivity contribution is -0.131. The minimum absolute atomic E-state index is 0.00160. The number of amides is 1. The smallest absolute Gasteiger partial charge is 0.264 e. The van der Waals surface area contributed by atoms with Crippen molar-refractivity contribution in [2.24, 2.45) is 5.73 Å². The van der Waals surface area contributed by atoms with Gasteiger partial charge in [0.15, 0.2) is 5.16 Å². The first-order valence-electron chi connectivity index (χ1n) is 9.52. The second-order valence-electron chi connectivity index (χ2n) is 7.07. The van der Waals surface area contributed by atoms with Gasteiger partial charge in [0.2, 0.25) is 5.91 Å². The monoisotopic (exact) mass is 384 g/mol. The fourth-order valence-corrected chi connectivity index (χ4v) is 4.79. The molecule has 1 amide bonds. The normalized spacial score (nSPS) is 16.7. The van der Waals surface area contributed by atoms with Gasteiger partial charge in [-0.1, -0.05) is 36.4 Å². The summed E-state index contributed by atoms with van der Waals surface area (Å²) in [6.07, 6.45) is 4.53. The van der Waals surface area contributed by atoms with Crippen molar-refractivity contribution in [3.8, 4) is 5.69 Å². The second-order valence-corrected chi connectivity index (χ2v) is 8.34. The molecule has 2 heterocycles. The third kappa shape index (κ3) is 3.66. The van der Waals surface area contributed by atoms with Crippen molar-refractivity contribution < 1.29 is 4.79 Å². The number of nitrogens with two attached hydrogens (primary N) is 1. The highest BCUT2D eigenvalue weighted by Crippen LogP contribution is 2.36. The molecule has 0 radical (unpaired) electrons. The fourth-order valence-electron chi connectivity index (χ4n) is 3.47. The van der Waals surface area contributed by atoms with Crippen LogP contribution in [0.15, 0.2) is 40.3 Å². The first-order valence-corrected chi connectivity index (χ1v) is 10.4. The molecule has 6 nitrogen and oxygen atoms in total. The Kier molecular flexibility index (Phi) is 5.31. The van der Waals surface area contributed by atoms with Crippen LogP contribution in [0.3, 0.4) is 0 Å². The lowest BCUT2D eigenvalue weighted by atomic mass is 10.0. The Bertz CT molecular complexity index is 893. The number of benzene rings is 1. The molecular weight excluding hydrogens is 360 g/mol. The van der Waals surface area contributed by atoms with Crippen LogP contribution in [0.2, 0.25) is 0 Å². The Hall–Kier alpha value is -2.12. The van der Waals surface area contributed by atoms with Gasteiger partial charge in [0.05, 0.1) is 23.5 Å². The highest BCUT2D eigenvalue weighted by atomic mass is 32.2. The summed E-state index contributed by atoms with van der Waals surface area (Å²) in [5.41, 5.74) is 7.76. The van der Waals surface area contributed by atoms with E-state index in [-0.39, 0.29) is 11.5 Å². The number of nitrogens with zero attached hydrogens (tertiary/aromatic N) is 3. The van der Waals surface area contributed by atoms with E-state index < -0.39 is 0 Å². The van der Waals surface area contributed by atoms with Crippen molar-refractivity contribution in [3.63, 3.8) is 0 Å². The van der Waals surface area contributed by atoms with E-state index in [1.54, 1.807) is 21.2 Å². The first-order chi connectivity index (χ1) is 13.2. The molecule has 1 aliphatic carbocycles. The third-order valence-corrected chi connectivity index (χ3v) is 6.54. The maximum Gasteiger partial charge on any atom is 0.264 e. The maximum atomic E-state index is 13.4. The van der Waals surface area contributed by atoms with E-state index in [9.17, 15) is 9.59 Å². The summed E-state index contributed by atoms with van der Waals surface area (Å²) in [6, 6.07) is 9.65. The van der Waals surface area contributed by atoms with E-state index in [0.29, 0.717) is 43.3 Å². The highest BCUT2D eigenvalue weighted by molar-refractivity contribution is 7.99. The Labute approximate surface area is 162 Å². The van der Waals surface area contributed by atoms with Crippen LogP contribution in [-0.4, -0.2) is 38.7 Å². The molecule has 0 bridgehead atoms. The van der Waals surface area contributed by atoms with Gasteiger partial charge in [0.1, 0.15) is 0 Å². The Morgan fingerprint density at radius 2 is 2.04 bits per heavy atom. The Balaban J connectivity index is 1.76. The number of rotatable bonds is 5. The van der Waals surface area contributed by atoms with Crippen molar-refractivity contribution in [3.05, 3.63) is 51.9 Å². The van der Waals surface area contributed by atoms with E-state index in [1.807, 2.05) is 30.3 Å². The van der Waals surface area contributed by atoms with Gasteiger partial charge >= 0.3 is 0 Å². The molecule has 1 aromatic heterocycles. The zero-order valence-corrected chi connectivity index (χ0v) is 16.1. The van der Waals surface area contributed by atoms with Crippen molar-refractivity contribution >= 4 is 17.7 Å². The van der Waals surface area contributed by atoms with Gasteiger partial charge < -0.3 is 10.6 Å². The number of fused-ring (bicyclic) bond motifs is 1. The molecule has 1 aliphatic heterocycles. The van der Waals surface area contributed by atoms with Crippen LogP contribution < -0.4 is 11.3 Å². The van der Waals surface area contributed by atoms with Gasteiger partial charge in [-0.15, -0.1) is 0 Å². The molecule has 0 spiro atoms. The molecule has 1 saturated carbocycles. The largest absolute Gasteiger partial charge is 0.338 e. The molecule has 0 unspecified atom stereocenters. The van der Waals surface area contributed by atoms with Crippen LogP contribution in [0.5, 0.6) is 0 Å². The van der Waals surface area contributed by atoms with Crippen molar-refractivity contribution in [2.45, 2.75) is 49.1 Å². The van der Waals surface area contributed by atoms with Crippen LogP contribution in [0.1, 0.15) is 36.9 Å². The standard InChI is InChI=1S/C20H24N4O2S/c21-11-9-18(25)23-12-10-17-16(13-23)19(26)24(14-5-2-1-3-6-14)20(22-17)27-15-7-4-8-15/h1-3,5-6,15H,4,7-13,21H2. The van der Waals surface area contributed by atoms with Gasteiger partial charge in [-0.3, -0.25) is 14.2 Å². The average molecular weight is 385 g/mol. The van der Waals surface area contributed by atoms with Gasteiger partial charge in [0, 0.05) is 31.2 Å². The molecule has 2 N–H and O–H groups in total. The molecule has 142 valence electrons. The topological polar surface area (TPSA) is 81.2 Å². The van der Waals surface area contributed by atoms with Gasteiger partial charge in [0.25, 0.3) is 5.56 Å². The van der Waals surface area contributed by atoms with E-state index in [0.717, 1.165) is 16.5 Å². The molecule has 2 aromatic rings. The van der Waals surface area contributed by atoms with E-state index >= 15 is 0 Å². The van der Waals surface area contributed by atoms with E-state index in [1.165, 1.54) is 19.3 Å². The van der Waals surface area contributed by atoms with Gasteiger partial charge in [-0.25, -0.2) is 4.98 Å². The average Bonchev–Trinajstić information content (AvgIpc) is 2.65. The number of aromatic nitrogens is 2. The van der Waals surface area contributed by atoms with Crippen LogP contribution in [0.25, 0.3) is 5.69 Å². The number of carbonyl (C=O) groups is 1. The van der Waals surface area contributed by atoms with Crippen LogP contribution in [0, 0.1) is 0 Å². The molecule has 0 atom stereocenters. The quantitative estimate of drug-likeness (QED) is 0.799. The zero-order chi connectivity index (χ0) is 18.8. The van der Waals surface area contributed by atoms with Gasteiger partial charge in [-0.2, -0.15) is 0 Å². The molecule has 4 rings (SSSR count). The van der Waals surface area contributed by atoms with Crippen LogP contribution >= 0.6 is 11.8 Å². The molecule has 27 heavy (non-hydrogen) atoms. The summed E-state index contributed by atoms with van der Waals surface area (Å²) < 4.78 is 1.72. The zero-order valence-electron chi connectivity index (χ0n) is 15.3. The Morgan fingerprint density at radius 1 is 1.26 bits per heavy atom. The summed E-state index contributed by atoms with van der Waals surface area (Å²) in [7, 11) is 0. The van der Waals surface area contributed by atoms with E-state index in [2.05, 4.69) is 0 Å². The fraction of sp³-hybridized carbons (Fsp3) is 0.450. The van der Waals surface area contributed by atoms with E-state index in [4.69, 9.17) is 10.7 Å². The first kappa shape index (κ1) is 18.3. The van der Waals surface area contributed by atoms with Crippen LogP contribution in [-0.2, 0) is 17.8 Å². The minimum Gasteiger partial charge on any atom is -0.338 e.